The zero-order valence-electron chi connectivity index (χ0n) is 12.7. The fraction of sp³-hybridized carbons (Fsp3) is 0.353. The lowest BCUT2D eigenvalue weighted by atomic mass is 10.0. The maximum Gasteiger partial charge on any atom is 0.223 e. The molecule has 0 saturated carbocycles. The van der Waals surface area contributed by atoms with Crippen LogP contribution in [0.15, 0.2) is 41.8 Å². The zero-order valence-corrected chi connectivity index (χ0v) is 14.3. The van der Waals surface area contributed by atoms with Gasteiger partial charge in [-0.15, -0.1) is 23.7 Å². The maximum atomic E-state index is 13.5. The van der Waals surface area contributed by atoms with Gasteiger partial charge in [-0.25, -0.2) is 4.39 Å². The Bertz CT molecular complexity index is 635. The fourth-order valence-corrected chi connectivity index (χ4v) is 3.55. The number of nitrogens with zero attached hydrogens (tertiary/aromatic N) is 1. The van der Waals surface area contributed by atoms with Crippen molar-refractivity contribution in [3.63, 3.8) is 0 Å². The molecule has 1 fully saturated rings. The van der Waals surface area contributed by atoms with E-state index in [0.717, 1.165) is 18.5 Å². The summed E-state index contributed by atoms with van der Waals surface area (Å²) in [4.78, 5) is 15.7. The van der Waals surface area contributed by atoms with Crippen molar-refractivity contribution in [2.75, 3.05) is 19.6 Å². The highest BCUT2D eigenvalue weighted by molar-refractivity contribution is 7.09. The van der Waals surface area contributed by atoms with Gasteiger partial charge in [0.25, 0.3) is 0 Å². The Hall–Kier alpha value is -1.43. The summed E-state index contributed by atoms with van der Waals surface area (Å²) in [5.41, 5.74) is 0.858. The van der Waals surface area contributed by atoms with Gasteiger partial charge in [-0.05, 0) is 35.6 Å². The summed E-state index contributed by atoms with van der Waals surface area (Å²) >= 11 is 1.68. The van der Waals surface area contributed by atoms with E-state index in [4.69, 9.17) is 0 Å². The first-order valence-electron chi connectivity index (χ1n) is 7.52. The van der Waals surface area contributed by atoms with Crippen molar-refractivity contribution in [1.29, 1.82) is 0 Å². The van der Waals surface area contributed by atoms with Crippen molar-refractivity contribution < 1.29 is 9.18 Å². The Labute approximate surface area is 145 Å². The molecule has 1 N–H and O–H groups in total. The van der Waals surface area contributed by atoms with E-state index in [1.54, 1.807) is 17.4 Å². The molecule has 23 heavy (non-hydrogen) atoms. The monoisotopic (exact) mass is 354 g/mol. The highest BCUT2D eigenvalue weighted by Crippen LogP contribution is 2.24. The van der Waals surface area contributed by atoms with Crippen LogP contribution in [0.3, 0.4) is 0 Å². The molecule has 1 aliphatic heterocycles. The highest BCUT2D eigenvalue weighted by Gasteiger charge is 2.27. The SMILES string of the molecule is Cl.O=C(CCc1cccs1)N1CCNCC1c1cccc(F)c1. The molecule has 3 nitrogen and oxygen atoms in total. The molecule has 1 unspecified atom stereocenters. The van der Waals surface area contributed by atoms with Crippen LogP contribution in [0.5, 0.6) is 0 Å². The molecule has 0 radical (unpaired) electrons. The number of rotatable bonds is 4. The predicted octanol–water partition coefficient (Wildman–Crippen LogP) is 3.41. The second-order valence-corrected chi connectivity index (χ2v) is 6.47. The highest BCUT2D eigenvalue weighted by atomic mass is 35.5. The zero-order chi connectivity index (χ0) is 15.4. The molecule has 2 heterocycles. The first kappa shape index (κ1) is 17.9. The molecule has 6 heteroatoms. The van der Waals surface area contributed by atoms with E-state index in [1.807, 2.05) is 22.4 Å². The van der Waals surface area contributed by atoms with Gasteiger partial charge in [0.1, 0.15) is 5.82 Å². The topological polar surface area (TPSA) is 32.3 Å². The van der Waals surface area contributed by atoms with Crippen LogP contribution in [-0.4, -0.2) is 30.4 Å². The number of carbonyl (C=O) groups is 1. The Morgan fingerprint density at radius 3 is 2.96 bits per heavy atom. The third-order valence-electron chi connectivity index (χ3n) is 3.96. The lowest BCUT2D eigenvalue weighted by molar-refractivity contribution is -0.134. The number of benzene rings is 1. The van der Waals surface area contributed by atoms with Crippen molar-refractivity contribution in [3.8, 4) is 0 Å². The molecular formula is C17H20ClFN2OS. The van der Waals surface area contributed by atoms with Crippen molar-refractivity contribution in [2.24, 2.45) is 0 Å². The van der Waals surface area contributed by atoms with Crippen LogP contribution in [0.2, 0.25) is 0 Å². The van der Waals surface area contributed by atoms with Crippen molar-refractivity contribution in [1.82, 2.24) is 10.2 Å². The summed E-state index contributed by atoms with van der Waals surface area (Å²) in [7, 11) is 0. The van der Waals surface area contributed by atoms with E-state index < -0.39 is 0 Å². The Morgan fingerprint density at radius 1 is 1.35 bits per heavy atom. The van der Waals surface area contributed by atoms with Crippen LogP contribution < -0.4 is 5.32 Å². The van der Waals surface area contributed by atoms with E-state index in [0.29, 0.717) is 19.5 Å². The number of aryl methyl sites for hydroxylation is 1. The number of amides is 1. The molecule has 124 valence electrons. The largest absolute Gasteiger partial charge is 0.333 e. The Kier molecular flexibility index (Phi) is 6.57. The average molecular weight is 355 g/mol. The van der Waals surface area contributed by atoms with Gasteiger partial charge in [-0.2, -0.15) is 0 Å². The quantitative estimate of drug-likeness (QED) is 0.912. The minimum Gasteiger partial charge on any atom is -0.333 e. The van der Waals surface area contributed by atoms with E-state index in [9.17, 15) is 9.18 Å². The molecule has 1 amide bonds. The minimum absolute atomic E-state index is 0. The summed E-state index contributed by atoms with van der Waals surface area (Å²) in [5, 5.41) is 5.32. The van der Waals surface area contributed by atoms with Crippen molar-refractivity contribution >= 4 is 29.7 Å². The van der Waals surface area contributed by atoms with Gasteiger partial charge >= 0.3 is 0 Å². The summed E-state index contributed by atoms with van der Waals surface area (Å²) in [5.74, 6) is -0.113. The van der Waals surface area contributed by atoms with Crippen LogP contribution >= 0.6 is 23.7 Å². The van der Waals surface area contributed by atoms with Gasteiger partial charge in [0, 0.05) is 30.9 Å². The number of carbonyl (C=O) groups excluding carboxylic acids is 1. The van der Waals surface area contributed by atoms with Crippen LogP contribution in [0.25, 0.3) is 0 Å². The van der Waals surface area contributed by atoms with Gasteiger partial charge in [0.15, 0.2) is 0 Å². The molecule has 1 atom stereocenters. The normalized spacial score (nSPS) is 17.6. The smallest absolute Gasteiger partial charge is 0.223 e. The minimum atomic E-state index is -0.256. The van der Waals surface area contributed by atoms with Crippen LogP contribution in [0.1, 0.15) is 22.9 Å². The third-order valence-corrected chi connectivity index (χ3v) is 4.90. The summed E-state index contributed by atoms with van der Waals surface area (Å²) < 4.78 is 13.5. The molecule has 2 aromatic rings. The molecule has 1 saturated heterocycles. The summed E-state index contributed by atoms with van der Waals surface area (Å²) in [6.07, 6.45) is 1.28. The molecular weight excluding hydrogens is 335 g/mol. The number of nitrogens with one attached hydrogen (secondary N) is 1. The number of piperazine rings is 1. The van der Waals surface area contributed by atoms with Gasteiger partial charge in [0.05, 0.1) is 6.04 Å². The summed E-state index contributed by atoms with van der Waals surface area (Å²) in [6.45, 7) is 2.13. The van der Waals surface area contributed by atoms with Gasteiger partial charge in [0.2, 0.25) is 5.91 Å². The number of halogens is 2. The number of hydrogen-bond acceptors (Lipinski definition) is 3. The third kappa shape index (κ3) is 4.53. The predicted molar refractivity (Wildman–Crippen MR) is 93.6 cm³/mol. The van der Waals surface area contributed by atoms with Gasteiger partial charge in [-0.3, -0.25) is 4.79 Å². The fourth-order valence-electron chi connectivity index (χ4n) is 2.84. The van der Waals surface area contributed by atoms with Crippen LogP contribution in [-0.2, 0) is 11.2 Å². The van der Waals surface area contributed by atoms with Gasteiger partial charge < -0.3 is 10.2 Å². The summed E-state index contributed by atoms with van der Waals surface area (Å²) in [6, 6.07) is 10.5. The average Bonchev–Trinajstić information content (AvgIpc) is 3.06. The van der Waals surface area contributed by atoms with E-state index in [1.165, 1.54) is 17.0 Å². The first-order chi connectivity index (χ1) is 10.7. The van der Waals surface area contributed by atoms with E-state index in [2.05, 4.69) is 11.4 Å². The molecule has 3 rings (SSSR count). The maximum absolute atomic E-state index is 13.5. The first-order valence-corrected chi connectivity index (χ1v) is 8.40. The van der Waals surface area contributed by atoms with E-state index in [-0.39, 0.29) is 30.2 Å². The Morgan fingerprint density at radius 2 is 2.22 bits per heavy atom. The second-order valence-electron chi connectivity index (χ2n) is 5.44. The second kappa shape index (κ2) is 8.43. The lowest BCUT2D eigenvalue weighted by Crippen LogP contribution is -2.48. The van der Waals surface area contributed by atoms with Crippen molar-refractivity contribution in [3.05, 3.63) is 58.0 Å². The molecule has 0 aliphatic carbocycles. The van der Waals surface area contributed by atoms with E-state index >= 15 is 0 Å². The molecule has 1 aromatic carbocycles. The molecule has 1 aromatic heterocycles. The van der Waals surface area contributed by atoms with Crippen molar-refractivity contribution in [2.45, 2.75) is 18.9 Å². The Balaban J connectivity index is 0.00000192. The van der Waals surface area contributed by atoms with Crippen LogP contribution in [0.4, 0.5) is 4.39 Å². The molecule has 1 aliphatic rings. The molecule has 0 spiro atoms. The standard InChI is InChI=1S/C17H19FN2OS.ClH/c18-14-4-1-3-13(11-14)16-12-19-8-9-20(16)17(21)7-6-15-5-2-10-22-15;/h1-5,10-11,16,19H,6-9,12H2;1H. The van der Waals surface area contributed by atoms with Crippen LogP contribution in [0, 0.1) is 5.82 Å². The number of hydrogen-bond donors (Lipinski definition) is 1. The number of thiophene rings is 1. The van der Waals surface area contributed by atoms with Gasteiger partial charge in [-0.1, -0.05) is 18.2 Å². The molecule has 0 bridgehead atoms. The lowest BCUT2D eigenvalue weighted by Gasteiger charge is -2.36.